The van der Waals surface area contributed by atoms with Crippen LogP contribution in [0, 0.1) is 13.8 Å². The number of rotatable bonds is 4. The Kier molecular flexibility index (Phi) is 4.20. The Bertz CT molecular complexity index is 968. The van der Waals surface area contributed by atoms with Gasteiger partial charge in [-0.3, -0.25) is 0 Å². The number of hydrogen-bond acceptors (Lipinski definition) is 6. The van der Waals surface area contributed by atoms with Crippen LogP contribution in [0.25, 0.3) is 11.0 Å². The molecule has 0 amide bonds. The number of ether oxygens (including phenoxy) is 2. The summed E-state index contributed by atoms with van der Waals surface area (Å²) in [5.74, 6) is 0.00882. The molecule has 26 heavy (non-hydrogen) atoms. The molecule has 7 heteroatoms. The maximum atomic E-state index is 11.6. The van der Waals surface area contributed by atoms with E-state index in [2.05, 4.69) is 4.98 Å². The topological polar surface area (TPSA) is 81.8 Å². The van der Waals surface area contributed by atoms with Crippen molar-refractivity contribution < 1.29 is 23.8 Å². The van der Waals surface area contributed by atoms with Gasteiger partial charge >= 0.3 is 5.97 Å². The van der Waals surface area contributed by atoms with Crippen molar-refractivity contribution in [3.05, 3.63) is 45.6 Å². The molecular formula is C19H19NO5S. The quantitative estimate of drug-likeness (QED) is 0.735. The molecule has 0 bridgehead atoms. The third-order valence-corrected chi connectivity index (χ3v) is 5.83. The van der Waals surface area contributed by atoms with E-state index in [0.717, 1.165) is 22.7 Å². The van der Waals surface area contributed by atoms with Crippen molar-refractivity contribution in [2.45, 2.75) is 32.3 Å². The SMILES string of the molecule is Cc1ncc(C2(Oc3ccc4oc(C)c(C(=O)O)c4c3)CCOCC2)s1. The van der Waals surface area contributed by atoms with Crippen molar-refractivity contribution in [1.29, 1.82) is 0 Å². The maximum absolute atomic E-state index is 11.6. The van der Waals surface area contributed by atoms with E-state index < -0.39 is 11.6 Å². The van der Waals surface area contributed by atoms with Crippen LogP contribution in [0.15, 0.2) is 28.8 Å². The molecule has 0 saturated carbocycles. The number of aromatic carboxylic acids is 1. The highest BCUT2D eigenvalue weighted by Gasteiger charge is 2.39. The minimum atomic E-state index is -1.00. The van der Waals surface area contributed by atoms with Crippen molar-refractivity contribution in [2.75, 3.05) is 13.2 Å². The first-order valence-electron chi connectivity index (χ1n) is 8.45. The molecule has 1 fully saturated rings. The highest BCUT2D eigenvalue weighted by atomic mass is 32.1. The van der Waals surface area contributed by atoms with Crippen LogP contribution < -0.4 is 4.74 Å². The molecule has 1 aromatic carbocycles. The summed E-state index contributed by atoms with van der Waals surface area (Å²) in [5.41, 5.74) is 0.224. The molecule has 0 atom stereocenters. The highest BCUT2D eigenvalue weighted by molar-refractivity contribution is 7.11. The van der Waals surface area contributed by atoms with E-state index in [1.165, 1.54) is 0 Å². The summed E-state index contributed by atoms with van der Waals surface area (Å²) >= 11 is 1.62. The highest BCUT2D eigenvalue weighted by Crippen LogP contribution is 2.41. The molecule has 1 aliphatic heterocycles. The lowest BCUT2D eigenvalue weighted by atomic mass is 9.92. The Hall–Kier alpha value is -2.38. The van der Waals surface area contributed by atoms with E-state index in [1.54, 1.807) is 30.4 Å². The van der Waals surface area contributed by atoms with Crippen LogP contribution >= 0.6 is 11.3 Å². The number of carboxylic acid groups (broad SMARTS) is 1. The van der Waals surface area contributed by atoms with E-state index in [9.17, 15) is 9.90 Å². The van der Waals surface area contributed by atoms with Crippen molar-refractivity contribution >= 4 is 28.3 Å². The molecule has 2 aromatic heterocycles. The number of benzene rings is 1. The van der Waals surface area contributed by atoms with Crippen LogP contribution in [0.4, 0.5) is 0 Å². The lowest BCUT2D eigenvalue weighted by Crippen LogP contribution is -2.38. The number of hydrogen-bond donors (Lipinski definition) is 1. The number of fused-ring (bicyclic) bond motifs is 1. The molecule has 6 nitrogen and oxygen atoms in total. The van der Waals surface area contributed by atoms with Crippen LogP contribution in [-0.2, 0) is 10.3 Å². The Morgan fingerprint density at radius 1 is 1.31 bits per heavy atom. The summed E-state index contributed by atoms with van der Waals surface area (Å²) in [5, 5.41) is 11.0. The van der Waals surface area contributed by atoms with E-state index in [0.29, 0.717) is 35.7 Å². The molecule has 3 aromatic rings. The predicted octanol–water partition coefficient (Wildman–Crippen LogP) is 4.29. The van der Waals surface area contributed by atoms with Gasteiger partial charge in [0.1, 0.15) is 28.3 Å². The van der Waals surface area contributed by atoms with Crippen LogP contribution in [0.5, 0.6) is 5.75 Å². The predicted molar refractivity (Wildman–Crippen MR) is 97.1 cm³/mol. The lowest BCUT2D eigenvalue weighted by molar-refractivity contribution is -0.0479. The zero-order chi connectivity index (χ0) is 18.3. The zero-order valence-electron chi connectivity index (χ0n) is 14.6. The third-order valence-electron chi connectivity index (χ3n) is 4.73. The molecule has 3 heterocycles. The molecule has 0 unspecified atom stereocenters. The second-order valence-electron chi connectivity index (χ2n) is 6.45. The van der Waals surface area contributed by atoms with Gasteiger partial charge < -0.3 is 19.0 Å². The van der Waals surface area contributed by atoms with Gasteiger partial charge in [-0.1, -0.05) is 0 Å². The second-order valence-corrected chi connectivity index (χ2v) is 7.68. The first-order valence-corrected chi connectivity index (χ1v) is 9.26. The number of aromatic nitrogens is 1. The van der Waals surface area contributed by atoms with Gasteiger partial charge in [-0.2, -0.15) is 0 Å². The summed E-state index contributed by atoms with van der Waals surface area (Å²) in [6.07, 6.45) is 3.32. The lowest BCUT2D eigenvalue weighted by Gasteiger charge is -2.36. The van der Waals surface area contributed by atoms with Gasteiger partial charge in [0.2, 0.25) is 0 Å². The number of carbonyl (C=O) groups is 1. The largest absolute Gasteiger partial charge is 0.481 e. The van der Waals surface area contributed by atoms with Crippen LogP contribution in [0.2, 0.25) is 0 Å². The molecule has 0 spiro atoms. The molecule has 1 saturated heterocycles. The Balaban J connectivity index is 1.76. The average Bonchev–Trinajstić information content (AvgIpc) is 3.18. The Morgan fingerprint density at radius 2 is 2.08 bits per heavy atom. The average molecular weight is 373 g/mol. The van der Waals surface area contributed by atoms with Crippen LogP contribution in [-0.4, -0.2) is 29.3 Å². The molecule has 0 radical (unpaired) electrons. The standard InChI is InChI=1S/C19H19NO5S/c1-11-17(18(21)22)14-9-13(3-4-15(14)24-11)25-19(5-7-23-8-6-19)16-10-20-12(2)26-16/h3-4,9-10H,5-8H2,1-2H3,(H,21,22). The summed E-state index contributed by atoms with van der Waals surface area (Å²) in [7, 11) is 0. The van der Waals surface area contributed by atoms with Crippen LogP contribution in [0.3, 0.4) is 0 Å². The minimum absolute atomic E-state index is 0.181. The molecule has 1 aliphatic rings. The summed E-state index contributed by atoms with van der Waals surface area (Å²) in [6, 6.07) is 5.33. The first-order chi connectivity index (χ1) is 12.5. The van der Waals surface area contributed by atoms with E-state index in [4.69, 9.17) is 13.9 Å². The summed E-state index contributed by atoms with van der Waals surface area (Å²) in [4.78, 5) is 17.0. The van der Waals surface area contributed by atoms with Gasteiger partial charge in [0, 0.05) is 24.4 Å². The fraction of sp³-hybridized carbons (Fsp3) is 0.368. The number of thiazole rings is 1. The van der Waals surface area contributed by atoms with Crippen molar-refractivity contribution in [2.24, 2.45) is 0 Å². The smallest absolute Gasteiger partial charge is 0.339 e. The summed E-state index contributed by atoms with van der Waals surface area (Å²) < 4.78 is 17.5. The molecule has 4 rings (SSSR count). The third kappa shape index (κ3) is 2.87. The molecular weight excluding hydrogens is 354 g/mol. The number of aryl methyl sites for hydroxylation is 2. The van der Waals surface area contributed by atoms with Crippen molar-refractivity contribution in [3.63, 3.8) is 0 Å². The van der Waals surface area contributed by atoms with Gasteiger partial charge in [-0.05, 0) is 32.0 Å². The van der Waals surface area contributed by atoms with Gasteiger partial charge in [-0.15, -0.1) is 11.3 Å². The second kappa shape index (κ2) is 6.41. The summed E-state index contributed by atoms with van der Waals surface area (Å²) in [6.45, 7) is 4.86. The van der Waals surface area contributed by atoms with Crippen LogP contribution in [0.1, 0.15) is 38.8 Å². The van der Waals surface area contributed by atoms with Gasteiger partial charge in [0.15, 0.2) is 0 Å². The minimum Gasteiger partial charge on any atom is -0.481 e. The van der Waals surface area contributed by atoms with E-state index in [1.807, 2.05) is 19.2 Å². The first kappa shape index (κ1) is 17.1. The van der Waals surface area contributed by atoms with Crippen molar-refractivity contribution in [3.8, 4) is 5.75 Å². The zero-order valence-corrected chi connectivity index (χ0v) is 15.4. The molecule has 1 N–H and O–H groups in total. The fourth-order valence-electron chi connectivity index (χ4n) is 3.43. The van der Waals surface area contributed by atoms with E-state index >= 15 is 0 Å². The fourth-order valence-corrected chi connectivity index (χ4v) is 4.39. The number of nitrogens with zero attached hydrogens (tertiary/aromatic N) is 1. The van der Waals surface area contributed by atoms with Gasteiger partial charge in [-0.25, -0.2) is 9.78 Å². The Morgan fingerprint density at radius 3 is 2.73 bits per heavy atom. The normalized spacial score (nSPS) is 16.7. The molecule has 136 valence electrons. The Labute approximate surface area is 154 Å². The van der Waals surface area contributed by atoms with Gasteiger partial charge in [0.25, 0.3) is 0 Å². The van der Waals surface area contributed by atoms with Gasteiger partial charge in [0.05, 0.1) is 23.1 Å². The maximum Gasteiger partial charge on any atom is 0.339 e. The molecule has 0 aliphatic carbocycles. The number of furan rings is 1. The number of carboxylic acids is 1. The monoisotopic (exact) mass is 373 g/mol. The van der Waals surface area contributed by atoms with E-state index in [-0.39, 0.29) is 5.56 Å². The van der Waals surface area contributed by atoms with Crippen molar-refractivity contribution in [1.82, 2.24) is 4.98 Å².